The second kappa shape index (κ2) is 5.43. The molecule has 1 aromatic heterocycles. The van der Waals surface area contributed by atoms with E-state index in [0.29, 0.717) is 0 Å². The highest BCUT2D eigenvalue weighted by Gasteiger charge is 2.21. The minimum absolute atomic E-state index is 0.00638. The second-order valence-corrected chi connectivity index (χ2v) is 7.24. The van der Waals surface area contributed by atoms with Gasteiger partial charge < -0.3 is 5.73 Å². The van der Waals surface area contributed by atoms with Crippen molar-refractivity contribution in [1.82, 2.24) is 0 Å². The van der Waals surface area contributed by atoms with Crippen molar-refractivity contribution in [3.05, 3.63) is 56.2 Å². The highest BCUT2D eigenvalue weighted by Crippen LogP contribution is 2.35. The van der Waals surface area contributed by atoms with Crippen LogP contribution < -0.4 is 5.73 Å². The largest absolute Gasteiger partial charge is 0.320 e. The molecule has 108 valence electrons. The molecule has 2 N–H and O–H groups in total. The standard InChI is InChI=1S/C15H16ClF2NS/c1-15(2,3)13-5-4-12(20-13)14(19)8-6-11(18)9(16)7-10(8)17/h4-7,14H,19H2,1-3H3. The Bertz CT molecular complexity index is 631. The highest BCUT2D eigenvalue weighted by molar-refractivity contribution is 7.12. The maximum atomic E-state index is 13.9. The van der Waals surface area contributed by atoms with E-state index in [-0.39, 0.29) is 16.0 Å². The van der Waals surface area contributed by atoms with Gasteiger partial charge >= 0.3 is 0 Å². The number of rotatable bonds is 2. The van der Waals surface area contributed by atoms with Gasteiger partial charge in [-0.15, -0.1) is 11.3 Å². The first-order valence-electron chi connectivity index (χ1n) is 6.20. The first-order valence-corrected chi connectivity index (χ1v) is 7.40. The summed E-state index contributed by atoms with van der Waals surface area (Å²) in [5, 5.41) is -0.236. The Morgan fingerprint density at radius 3 is 2.35 bits per heavy atom. The third-order valence-electron chi connectivity index (χ3n) is 3.05. The van der Waals surface area contributed by atoms with Crippen LogP contribution in [0.1, 0.15) is 42.1 Å². The summed E-state index contributed by atoms with van der Waals surface area (Å²) < 4.78 is 27.4. The normalized spacial score (nSPS) is 13.6. The fourth-order valence-corrected chi connectivity index (χ4v) is 3.09. The lowest BCUT2D eigenvalue weighted by Crippen LogP contribution is -2.13. The molecule has 2 rings (SSSR count). The van der Waals surface area contributed by atoms with Crippen LogP contribution in [-0.4, -0.2) is 0 Å². The van der Waals surface area contributed by atoms with E-state index in [1.165, 1.54) is 11.3 Å². The van der Waals surface area contributed by atoms with Crippen molar-refractivity contribution in [1.29, 1.82) is 0 Å². The van der Waals surface area contributed by atoms with Gasteiger partial charge in [-0.1, -0.05) is 32.4 Å². The fraction of sp³-hybridized carbons (Fsp3) is 0.333. The van der Waals surface area contributed by atoms with E-state index >= 15 is 0 Å². The Labute approximate surface area is 126 Å². The lowest BCUT2D eigenvalue weighted by Gasteiger charge is -2.16. The van der Waals surface area contributed by atoms with E-state index in [1.807, 2.05) is 12.1 Å². The van der Waals surface area contributed by atoms with Gasteiger partial charge in [0.1, 0.15) is 11.6 Å². The molecule has 0 aliphatic rings. The second-order valence-electron chi connectivity index (χ2n) is 5.72. The van der Waals surface area contributed by atoms with Crippen molar-refractivity contribution in [2.45, 2.75) is 32.2 Å². The monoisotopic (exact) mass is 315 g/mol. The lowest BCUT2D eigenvalue weighted by atomic mass is 9.95. The summed E-state index contributed by atoms with van der Waals surface area (Å²) in [4.78, 5) is 1.95. The Hall–Kier alpha value is -0.970. The van der Waals surface area contributed by atoms with Crippen LogP contribution in [0, 0.1) is 11.6 Å². The van der Waals surface area contributed by atoms with Gasteiger partial charge in [0, 0.05) is 15.3 Å². The average Bonchev–Trinajstić information content (AvgIpc) is 2.82. The molecule has 0 saturated carbocycles. The highest BCUT2D eigenvalue weighted by atomic mass is 35.5. The summed E-state index contributed by atoms with van der Waals surface area (Å²) >= 11 is 7.06. The Morgan fingerprint density at radius 2 is 1.80 bits per heavy atom. The smallest absolute Gasteiger partial charge is 0.142 e. The van der Waals surface area contributed by atoms with Crippen molar-refractivity contribution < 1.29 is 8.78 Å². The molecule has 0 bridgehead atoms. The molecule has 0 spiro atoms. The maximum Gasteiger partial charge on any atom is 0.142 e. The quantitative estimate of drug-likeness (QED) is 0.773. The molecule has 1 unspecified atom stereocenters. The van der Waals surface area contributed by atoms with Crippen molar-refractivity contribution in [3.8, 4) is 0 Å². The number of halogens is 3. The van der Waals surface area contributed by atoms with Gasteiger partial charge in [0.25, 0.3) is 0 Å². The summed E-state index contributed by atoms with van der Waals surface area (Å²) in [5.74, 6) is -1.25. The SMILES string of the molecule is CC(C)(C)c1ccc(C(N)c2cc(F)c(Cl)cc2F)s1. The van der Waals surface area contributed by atoms with Crippen molar-refractivity contribution >= 4 is 22.9 Å². The zero-order valence-electron chi connectivity index (χ0n) is 11.5. The zero-order chi connectivity index (χ0) is 15.1. The zero-order valence-corrected chi connectivity index (χ0v) is 13.1. The third kappa shape index (κ3) is 3.03. The fourth-order valence-electron chi connectivity index (χ4n) is 1.85. The van der Waals surface area contributed by atoms with Crippen LogP contribution in [0.5, 0.6) is 0 Å². The number of hydrogen-bond donors (Lipinski definition) is 1. The molecule has 1 aromatic carbocycles. The van der Waals surface area contributed by atoms with Crippen LogP contribution in [0.4, 0.5) is 8.78 Å². The van der Waals surface area contributed by atoms with Gasteiger partial charge in [-0.3, -0.25) is 0 Å². The molecule has 1 heterocycles. The summed E-state index contributed by atoms with van der Waals surface area (Å²) in [5.41, 5.74) is 6.18. The molecular formula is C15H16ClF2NS. The summed E-state index contributed by atoms with van der Waals surface area (Å²) in [6.45, 7) is 6.28. The van der Waals surface area contributed by atoms with Gasteiger partial charge in [-0.2, -0.15) is 0 Å². The Kier molecular flexibility index (Phi) is 4.19. The Morgan fingerprint density at radius 1 is 1.15 bits per heavy atom. The number of nitrogens with two attached hydrogens (primary N) is 1. The summed E-state index contributed by atoms with van der Waals surface area (Å²) in [6, 6.07) is 5.18. The van der Waals surface area contributed by atoms with Crippen molar-refractivity contribution in [2.75, 3.05) is 0 Å². The van der Waals surface area contributed by atoms with E-state index in [0.717, 1.165) is 21.9 Å². The molecule has 0 fully saturated rings. The minimum atomic E-state index is -0.692. The van der Waals surface area contributed by atoms with E-state index in [1.54, 1.807) is 0 Å². The van der Waals surface area contributed by atoms with E-state index in [9.17, 15) is 8.78 Å². The molecule has 0 amide bonds. The van der Waals surface area contributed by atoms with Gasteiger partial charge in [0.15, 0.2) is 0 Å². The van der Waals surface area contributed by atoms with Gasteiger partial charge in [0.05, 0.1) is 11.1 Å². The molecule has 20 heavy (non-hydrogen) atoms. The molecule has 2 aromatic rings. The molecule has 1 atom stereocenters. The van der Waals surface area contributed by atoms with E-state index < -0.39 is 17.7 Å². The van der Waals surface area contributed by atoms with Gasteiger partial charge in [-0.25, -0.2) is 8.78 Å². The Balaban J connectivity index is 2.39. The average molecular weight is 316 g/mol. The third-order valence-corrected chi connectivity index (χ3v) is 4.93. The van der Waals surface area contributed by atoms with Crippen molar-refractivity contribution in [3.63, 3.8) is 0 Å². The molecule has 5 heteroatoms. The predicted molar refractivity (Wildman–Crippen MR) is 80.4 cm³/mol. The topological polar surface area (TPSA) is 26.0 Å². The van der Waals surface area contributed by atoms with Crippen LogP contribution >= 0.6 is 22.9 Å². The molecular weight excluding hydrogens is 300 g/mol. The summed E-state index contributed by atoms with van der Waals surface area (Å²) in [7, 11) is 0. The number of hydrogen-bond acceptors (Lipinski definition) is 2. The molecule has 0 aliphatic heterocycles. The van der Waals surface area contributed by atoms with Crippen LogP contribution in [0.25, 0.3) is 0 Å². The predicted octanol–water partition coefficient (Wildman–Crippen LogP) is 5.03. The first kappa shape index (κ1) is 15.4. The van der Waals surface area contributed by atoms with Gasteiger partial charge in [0.2, 0.25) is 0 Å². The molecule has 1 nitrogen and oxygen atoms in total. The van der Waals surface area contributed by atoms with E-state index in [2.05, 4.69) is 20.8 Å². The molecule has 0 saturated heterocycles. The number of thiophene rings is 1. The molecule has 0 radical (unpaired) electrons. The van der Waals surface area contributed by atoms with Crippen molar-refractivity contribution in [2.24, 2.45) is 5.73 Å². The maximum absolute atomic E-state index is 13.9. The van der Waals surface area contributed by atoms with Crippen LogP contribution in [-0.2, 0) is 5.41 Å². The van der Waals surface area contributed by atoms with Crippen LogP contribution in [0.3, 0.4) is 0 Å². The summed E-state index contributed by atoms with van der Waals surface area (Å²) in [6.07, 6.45) is 0. The molecule has 0 aliphatic carbocycles. The van der Waals surface area contributed by atoms with Crippen LogP contribution in [0.15, 0.2) is 24.3 Å². The number of benzene rings is 1. The van der Waals surface area contributed by atoms with Crippen LogP contribution in [0.2, 0.25) is 5.02 Å². The van der Waals surface area contributed by atoms with Gasteiger partial charge in [-0.05, 0) is 29.7 Å². The lowest BCUT2D eigenvalue weighted by molar-refractivity contribution is 0.578. The van der Waals surface area contributed by atoms with E-state index in [4.69, 9.17) is 17.3 Å². The first-order chi connectivity index (χ1) is 9.20. The minimum Gasteiger partial charge on any atom is -0.320 e.